The molecule has 1 aromatic rings. The second-order valence-corrected chi connectivity index (χ2v) is 4.99. The highest BCUT2D eigenvalue weighted by atomic mass is 35.5. The van der Waals surface area contributed by atoms with E-state index in [1.54, 1.807) is 14.2 Å². The summed E-state index contributed by atoms with van der Waals surface area (Å²) in [7, 11) is 5.13. The third-order valence-electron chi connectivity index (χ3n) is 2.98. The minimum Gasteiger partial charge on any atom is -0.493 e. The molecule has 0 saturated carbocycles. The fraction of sp³-hybridized carbons (Fsp3) is 0.467. The molecule has 4 heteroatoms. The van der Waals surface area contributed by atoms with Crippen LogP contribution in [0, 0.1) is 5.92 Å². The zero-order valence-electron chi connectivity index (χ0n) is 12.2. The van der Waals surface area contributed by atoms with Gasteiger partial charge in [-0.2, -0.15) is 0 Å². The number of rotatable bonds is 6. The summed E-state index contributed by atoms with van der Waals surface area (Å²) in [5, 5.41) is 3.75. The van der Waals surface area contributed by atoms with Gasteiger partial charge in [-0.3, -0.25) is 0 Å². The van der Waals surface area contributed by atoms with E-state index in [9.17, 15) is 0 Å². The zero-order chi connectivity index (χ0) is 14.4. The zero-order valence-corrected chi connectivity index (χ0v) is 13.0. The van der Waals surface area contributed by atoms with Gasteiger partial charge in [-0.15, -0.1) is 0 Å². The van der Waals surface area contributed by atoms with Gasteiger partial charge in [0.1, 0.15) is 0 Å². The second kappa shape index (κ2) is 7.41. The summed E-state index contributed by atoms with van der Waals surface area (Å²) in [4.78, 5) is 0. The number of likely N-dealkylation sites (N-methyl/N-ethyl adjacent to an activating group) is 1. The molecule has 0 aliphatic rings. The highest BCUT2D eigenvalue weighted by Gasteiger charge is 2.13. The SMILES string of the molecule is CNCC(=Cc1ccc(OC)c(OC)c1Cl)C(C)C. The van der Waals surface area contributed by atoms with Gasteiger partial charge in [-0.25, -0.2) is 0 Å². The Hall–Kier alpha value is -1.19. The Labute approximate surface area is 120 Å². The van der Waals surface area contributed by atoms with Crippen molar-refractivity contribution in [2.45, 2.75) is 13.8 Å². The predicted octanol–water partition coefficient (Wildman–Crippen LogP) is 3.62. The van der Waals surface area contributed by atoms with E-state index in [0.717, 1.165) is 12.1 Å². The first kappa shape index (κ1) is 15.9. The summed E-state index contributed by atoms with van der Waals surface area (Å²) in [5.41, 5.74) is 2.23. The van der Waals surface area contributed by atoms with Crippen molar-refractivity contribution in [3.05, 3.63) is 28.3 Å². The lowest BCUT2D eigenvalue weighted by molar-refractivity contribution is 0.355. The number of hydrogen-bond acceptors (Lipinski definition) is 3. The predicted molar refractivity (Wildman–Crippen MR) is 81.3 cm³/mol. The summed E-state index contributed by atoms with van der Waals surface area (Å²) >= 11 is 6.37. The molecular formula is C15H22ClNO2. The van der Waals surface area contributed by atoms with Gasteiger partial charge in [0.05, 0.1) is 19.2 Å². The van der Waals surface area contributed by atoms with E-state index in [1.807, 2.05) is 19.2 Å². The molecule has 0 spiro atoms. The Morgan fingerprint density at radius 1 is 1.32 bits per heavy atom. The van der Waals surface area contributed by atoms with E-state index >= 15 is 0 Å². The van der Waals surface area contributed by atoms with Crippen LogP contribution in [-0.2, 0) is 0 Å². The maximum atomic E-state index is 6.37. The maximum absolute atomic E-state index is 6.37. The minimum absolute atomic E-state index is 0.455. The molecule has 0 atom stereocenters. The van der Waals surface area contributed by atoms with Crippen LogP contribution in [0.3, 0.4) is 0 Å². The van der Waals surface area contributed by atoms with Crippen molar-refractivity contribution >= 4 is 17.7 Å². The molecule has 0 fully saturated rings. The number of nitrogens with one attached hydrogen (secondary N) is 1. The van der Waals surface area contributed by atoms with Crippen LogP contribution in [0.15, 0.2) is 17.7 Å². The van der Waals surface area contributed by atoms with E-state index in [4.69, 9.17) is 21.1 Å². The van der Waals surface area contributed by atoms with Gasteiger partial charge in [0.25, 0.3) is 0 Å². The molecule has 0 amide bonds. The molecule has 1 rings (SSSR count). The Bertz CT molecular complexity index is 456. The molecular weight excluding hydrogens is 262 g/mol. The average molecular weight is 284 g/mol. The monoisotopic (exact) mass is 283 g/mol. The van der Waals surface area contributed by atoms with Gasteiger partial charge in [-0.05, 0) is 30.7 Å². The molecule has 0 aromatic heterocycles. The lowest BCUT2D eigenvalue weighted by Crippen LogP contribution is -2.13. The lowest BCUT2D eigenvalue weighted by Gasteiger charge is -2.14. The minimum atomic E-state index is 0.455. The van der Waals surface area contributed by atoms with Crippen LogP contribution in [0.5, 0.6) is 11.5 Å². The number of ether oxygens (including phenoxy) is 2. The van der Waals surface area contributed by atoms with E-state index in [2.05, 4.69) is 25.2 Å². The van der Waals surface area contributed by atoms with Crippen molar-refractivity contribution in [3.63, 3.8) is 0 Å². The van der Waals surface area contributed by atoms with Crippen molar-refractivity contribution in [2.24, 2.45) is 5.92 Å². The van der Waals surface area contributed by atoms with Gasteiger partial charge >= 0.3 is 0 Å². The maximum Gasteiger partial charge on any atom is 0.179 e. The smallest absolute Gasteiger partial charge is 0.179 e. The fourth-order valence-electron chi connectivity index (χ4n) is 1.84. The third-order valence-corrected chi connectivity index (χ3v) is 3.37. The van der Waals surface area contributed by atoms with Gasteiger partial charge in [0.2, 0.25) is 0 Å². The fourth-order valence-corrected chi connectivity index (χ4v) is 2.13. The number of halogens is 1. The lowest BCUT2D eigenvalue weighted by atomic mass is 10.00. The molecule has 1 N–H and O–H groups in total. The molecule has 0 bridgehead atoms. The highest BCUT2D eigenvalue weighted by molar-refractivity contribution is 6.33. The van der Waals surface area contributed by atoms with E-state index in [1.165, 1.54) is 5.57 Å². The van der Waals surface area contributed by atoms with Crippen molar-refractivity contribution in [1.29, 1.82) is 0 Å². The molecule has 19 heavy (non-hydrogen) atoms. The third kappa shape index (κ3) is 3.88. The average Bonchev–Trinajstić information content (AvgIpc) is 2.39. The first-order valence-electron chi connectivity index (χ1n) is 6.30. The molecule has 0 aliphatic carbocycles. The van der Waals surface area contributed by atoms with Crippen LogP contribution < -0.4 is 14.8 Å². The van der Waals surface area contributed by atoms with E-state index in [0.29, 0.717) is 22.4 Å². The van der Waals surface area contributed by atoms with Gasteiger partial charge in [0.15, 0.2) is 11.5 Å². The van der Waals surface area contributed by atoms with Crippen LogP contribution in [0.25, 0.3) is 6.08 Å². The largest absolute Gasteiger partial charge is 0.493 e. The van der Waals surface area contributed by atoms with Gasteiger partial charge < -0.3 is 14.8 Å². The standard InChI is InChI=1S/C15H22ClNO2/c1-10(2)12(9-17-3)8-11-6-7-13(18-4)15(19-5)14(11)16/h6-8,10,17H,9H2,1-5H3. The number of hydrogen-bond donors (Lipinski definition) is 1. The van der Waals surface area contributed by atoms with Crippen LogP contribution in [0.1, 0.15) is 19.4 Å². The quantitative estimate of drug-likeness (QED) is 0.865. The van der Waals surface area contributed by atoms with Crippen molar-refractivity contribution < 1.29 is 9.47 Å². The molecule has 0 aliphatic heterocycles. The van der Waals surface area contributed by atoms with Gasteiger partial charge in [-0.1, -0.05) is 37.1 Å². The van der Waals surface area contributed by atoms with Crippen LogP contribution in [0.2, 0.25) is 5.02 Å². The number of benzene rings is 1. The summed E-state index contributed by atoms with van der Waals surface area (Å²) in [6.07, 6.45) is 2.10. The summed E-state index contributed by atoms with van der Waals surface area (Å²) < 4.78 is 10.5. The van der Waals surface area contributed by atoms with Crippen molar-refractivity contribution in [3.8, 4) is 11.5 Å². The molecule has 106 valence electrons. The Kier molecular flexibility index (Phi) is 6.19. The molecule has 0 saturated heterocycles. The van der Waals surface area contributed by atoms with Crippen molar-refractivity contribution in [2.75, 3.05) is 27.8 Å². The molecule has 3 nitrogen and oxygen atoms in total. The highest BCUT2D eigenvalue weighted by Crippen LogP contribution is 2.38. The Balaban J connectivity index is 3.24. The number of methoxy groups -OCH3 is 2. The summed E-state index contributed by atoms with van der Waals surface area (Å²) in [5.74, 6) is 1.67. The second-order valence-electron chi connectivity index (χ2n) is 4.61. The van der Waals surface area contributed by atoms with E-state index < -0.39 is 0 Å². The molecule has 1 aromatic carbocycles. The van der Waals surface area contributed by atoms with E-state index in [-0.39, 0.29) is 0 Å². The van der Waals surface area contributed by atoms with Crippen LogP contribution >= 0.6 is 11.6 Å². The van der Waals surface area contributed by atoms with Gasteiger partial charge in [0, 0.05) is 6.54 Å². The Morgan fingerprint density at radius 3 is 2.47 bits per heavy atom. The topological polar surface area (TPSA) is 30.5 Å². The van der Waals surface area contributed by atoms with Crippen molar-refractivity contribution in [1.82, 2.24) is 5.32 Å². The first-order chi connectivity index (χ1) is 9.04. The normalized spacial score (nSPS) is 11.8. The van der Waals surface area contributed by atoms with Crippen LogP contribution in [0.4, 0.5) is 0 Å². The molecule has 0 heterocycles. The summed E-state index contributed by atoms with van der Waals surface area (Å²) in [6.45, 7) is 5.16. The summed E-state index contributed by atoms with van der Waals surface area (Å²) in [6, 6.07) is 3.82. The first-order valence-corrected chi connectivity index (χ1v) is 6.68. The molecule has 0 radical (unpaired) electrons. The Morgan fingerprint density at radius 2 is 2.00 bits per heavy atom. The molecule has 0 unspecified atom stereocenters. The van der Waals surface area contributed by atoms with Crippen LogP contribution in [-0.4, -0.2) is 27.8 Å².